The highest BCUT2D eigenvalue weighted by molar-refractivity contribution is 7.26. The van der Waals surface area contributed by atoms with Crippen molar-refractivity contribution in [3.05, 3.63) is 290 Å². The molecule has 0 spiro atoms. The summed E-state index contributed by atoms with van der Waals surface area (Å²) in [5.41, 5.74) is 16.2. The van der Waals surface area contributed by atoms with Crippen LogP contribution in [-0.4, -0.2) is 0 Å². The van der Waals surface area contributed by atoms with Crippen molar-refractivity contribution in [2.45, 2.75) is 13.8 Å². The van der Waals surface area contributed by atoms with E-state index in [0.717, 1.165) is 34.1 Å². The van der Waals surface area contributed by atoms with Crippen molar-refractivity contribution in [3.8, 4) is 33.4 Å². The highest BCUT2D eigenvalue weighted by Gasteiger charge is 2.25. The maximum absolute atomic E-state index is 2.52. The number of thiophene rings is 2. The minimum Gasteiger partial charge on any atom is -0.309 e. The van der Waals surface area contributed by atoms with Gasteiger partial charge in [0.1, 0.15) is 0 Å². The summed E-state index contributed by atoms with van der Waals surface area (Å²) in [6, 6.07) is 104. The molecule has 0 bridgehead atoms. The molecular weight excluding hydrogens is 1030 g/mol. The van der Waals surface area contributed by atoms with E-state index in [9.17, 15) is 0 Å². The molecule has 14 aromatic carbocycles. The fraction of sp³-hybridized carbons (Fsp3) is 0.0256. The fourth-order valence-electron chi connectivity index (χ4n) is 13.0. The van der Waals surface area contributed by atoms with Crippen LogP contribution in [0.25, 0.3) is 117 Å². The lowest BCUT2D eigenvalue weighted by molar-refractivity contribution is 1.26. The Morgan fingerprint density at radius 1 is 0.220 bits per heavy atom. The van der Waals surface area contributed by atoms with E-state index in [1.54, 1.807) is 0 Å². The average Bonchev–Trinajstić information content (AvgIpc) is 4.24. The molecule has 386 valence electrons. The van der Waals surface area contributed by atoms with Gasteiger partial charge >= 0.3 is 0 Å². The number of hydrogen-bond donors (Lipinski definition) is 0. The summed E-state index contributed by atoms with van der Waals surface area (Å²) in [5.74, 6) is 0. The molecule has 0 fully saturated rings. The molecule has 0 saturated carbocycles. The van der Waals surface area contributed by atoms with E-state index in [1.807, 2.05) is 22.7 Å². The van der Waals surface area contributed by atoms with Gasteiger partial charge in [0.05, 0.1) is 22.7 Å². The summed E-state index contributed by atoms with van der Waals surface area (Å²) >= 11 is 3.73. The van der Waals surface area contributed by atoms with E-state index in [1.165, 1.54) is 128 Å². The molecule has 0 radical (unpaired) electrons. The Morgan fingerprint density at radius 3 is 1.00 bits per heavy atom. The number of fused-ring (bicyclic) bond motifs is 12. The molecule has 0 saturated heterocycles. The van der Waals surface area contributed by atoms with Crippen LogP contribution in [0.5, 0.6) is 0 Å². The van der Waals surface area contributed by atoms with Crippen molar-refractivity contribution in [1.29, 1.82) is 0 Å². The Bertz CT molecular complexity index is 4910. The molecule has 82 heavy (non-hydrogen) atoms. The maximum Gasteiger partial charge on any atom is 0.0546 e. The van der Waals surface area contributed by atoms with E-state index >= 15 is 0 Å². The first kappa shape index (κ1) is 48.1. The Balaban J connectivity index is 0.856. The fourth-order valence-corrected chi connectivity index (χ4v) is 15.2. The van der Waals surface area contributed by atoms with Crippen molar-refractivity contribution in [2.75, 3.05) is 9.80 Å². The zero-order valence-electron chi connectivity index (χ0n) is 45.3. The molecule has 4 heteroatoms. The number of hydrogen-bond acceptors (Lipinski definition) is 4. The summed E-state index contributed by atoms with van der Waals surface area (Å²) in [6.45, 7) is 4.56. The van der Waals surface area contributed by atoms with Gasteiger partial charge in [0.15, 0.2) is 0 Å². The molecular formula is C78H52N2S2. The Labute approximate surface area is 484 Å². The second-order valence-electron chi connectivity index (χ2n) is 21.7. The maximum atomic E-state index is 2.52. The van der Waals surface area contributed by atoms with E-state index in [2.05, 4.69) is 303 Å². The first-order valence-electron chi connectivity index (χ1n) is 28.1. The van der Waals surface area contributed by atoms with Crippen LogP contribution in [0.15, 0.2) is 279 Å². The number of rotatable bonds is 9. The molecule has 0 amide bonds. The molecule has 0 atom stereocenters. The summed E-state index contributed by atoms with van der Waals surface area (Å²) in [7, 11) is 0. The Hall–Kier alpha value is -9.84. The van der Waals surface area contributed by atoms with Crippen LogP contribution in [0.3, 0.4) is 0 Å². The van der Waals surface area contributed by atoms with Gasteiger partial charge in [0.2, 0.25) is 0 Å². The molecule has 16 rings (SSSR count). The third-order valence-corrected chi connectivity index (χ3v) is 19.2. The first-order chi connectivity index (χ1) is 40.5. The molecule has 2 heterocycles. The number of aryl methyl sites for hydroxylation is 2. The molecule has 0 aliphatic heterocycles. The molecule has 2 nitrogen and oxygen atoms in total. The van der Waals surface area contributed by atoms with Crippen LogP contribution in [0.1, 0.15) is 11.1 Å². The lowest BCUT2D eigenvalue weighted by Crippen LogP contribution is -2.13. The number of para-hydroxylation sites is 2. The lowest BCUT2D eigenvalue weighted by Gasteiger charge is -2.31. The zero-order chi connectivity index (χ0) is 54.4. The van der Waals surface area contributed by atoms with Crippen molar-refractivity contribution >= 4 is 140 Å². The number of anilines is 6. The molecule has 0 N–H and O–H groups in total. The SMILES string of the molecule is Cc1cc(-c2ccc(N(c3ccccc3-c3ccc4sc5ccccc5c4c3)c3cc4ccccc4c4ccccc34)c(C)c2)ccc1N(c1ccccc1-c1ccc2sc3ccccc3c2c1)c1cc2ccccc2c2ccccc12. The van der Waals surface area contributed by atoms with Gasteiger partial charge in [-0.3, -0.25) is 0 Å². The second kappa shape index (κ2) is 19.5. The minimum absolute atomic E-state index is 1.13. The van der Waals surface area contributed by atoms with E-state index in [-0.39, 0.29) is 0 Å². The summed E-state index contributed by atoms with van der Waals surface area (Å²) < 4.78 is 5.22. The zero-order valence-corrected chi connectivity index (χ0v) is 46.9. The molecule has 2 aromatic heterocycles. The standard InChI is InChI=1S/C78H52N2S2/c1-49-43-51(35-39-69(49)79(73-47-53-19-3-5-21-57(53)61-25-7-9-27-63(61)73)71-31-15-11-23-59(71)55-37-41-77-67(45-55)65-29-13-17-33-75(65)81-77)52-36-40-70(50(2)44-52)80(74-48-54-20-4-6-22-58(54)62-26-8-10-28-64(62)74)72-32-16-12-24-60(72)56-38-42-78-68(46-56)66-30-14-18-34-76(66)82-78/h3-48H,1-2H3. The highest BCUT2D eigenvalue weighted by Crippen LogP contribution is 2.50. The second-order valence-corrected chi connectivity index (χ2v) is 23.8. The topological polar surface area (TPSA) is 6.48 Å². The third kappa shape index (κ3) is 7.90. The predicted octanol–water partition coefficient (Wildman–Crippen LogP) is 23.6. The molecule has 0 unspecified atom stereocenters. The van der Waals surface area contributed by atoms with Crippen LogP contribution in [0.4, 0.5) is 34.1 Å². The highest BCUT2D eigenvalue weighted by atomic mass is 32.1. The first-order valence-corrected chi connectivity index (χ1v) is 29.8. The van der Waals surface area contributed by atoms with Gasteiger partial charge in [0.25, 0.3) is 0 Å². The largest absolute Gasteiger partial charge is 0.309 e. The Kier molecular flexibility index (Phi) is 11.4. The van der Waals surface area contributed by atoms with Crippen molar-refractivity contribution in [2.24, 2.45) is 0 Å². The van der Waals surface area contributed by atoms with Crippen LogP contribution in [-0.2, 0) is 0 Å². The van der Waals surface area contributed by atoms with Gasteiger partial charge in [-0.25, -0.2) is 0 Å². The van der Waals surface area contributed by atoms with E-state index in [4.69, 9.17) is 0 Å². The van der Waals surface area contributed by atoms with Gasteiger partial charge in [-0.15, -0.1) is 22.7 Å². The smallest absolute Gasteiger partial charge is 0.0546 e. The van der Waals surface area contributed by atoms with Gasteiger partial charge in [-0.05, 0) is 164 Å². The monoisotopic (exact) mass is 1080 g/mol. The van der Waals surface area contributed by atoms with Crippen LogP contribution >= 0.6 is 22.7 Å². The van der Waals surface area contributed by atoms with Crippen LogP contribution in [0.2, 0.25) is 0 Å². The van der Waals surface area contributed by atoms with Gasteiger partial charge in [0, 0.05) is 73.6 Å². The predicted molar refractivity (Wildman–Crippen MR) is 357 cm³/mol. The van der Waals surface area contributed by atoms with Crippen molar-refractivity contribution < 1.29 is 0 Å². The normalized spacial score (nSPS) is 11.8. The molecule has 16 aromatic rings. The summed E-state index contributed by atoms with van der Waals surface area (Å²) in [5, 5.41) is 15.0. The summed E-state index contributed by atoms with van der Waals surface area (Å²) in [6.07, 6.45) is 0. The van der Waals surface area contributed by atoms with Crippen molar-refractivity contribution in [1.82, 2.24) is 0 Å². The van der Waals surface area contributed by atoms with Crippen molar-refractivity contribution in [3.63, 3.8) is 0 Å². The quantitative estimate of drug-likeness (QED) is 0.133. The average molecular weight is 1080 g/mol. The minimum atomic E-state index is 1.13. The van der Waals surface area contributed by atoms with Crippen LogP contribution < -0.4 is 9.80 Å². The van der Waals surface area contributed by atoms with Gasteiger partial charge in [-0.1, -0.05) is 194 Å². The molecule has 0 aliphatic carbocycles. The van der Waals surface area contributed by atoms with E-state index < -0.39 is 0 Å². The molecule has 0 aliphatic rings. The Morgan fingerprint density at radius 2 is 0.561 bits per heavy atom. The van der Waals surface area contributed by atoms with Crippen LogP contribution in [0, 0.1) is 13.8 Å². The van der Waals surface area contributed by atoms with Gasteiger partial charge in [-0.2, -0.15) is 0 Å². The van der Waals surface area contributed by atoms with Gasteiger partial charge < -0.3 is 9.80 Å². The summed E-state index contributed by atoms with van der Waals surface area (Å²) in [4.78, 5) is 5.05. The lowest BCUT2D eigenvalue weighted by atomic mass is 9.94. The van der Waals surface area contributed by atoms with E-state index in [0.29, 0.717) is 0 Å². The number of nitrogens with zero attached hydrogens (tertiary/aromatic N) is 2. The third-order valence-electron chi connectivity index (χ3n) is 16.8. The number of benzene rings is 14.